The van der Waals surface area contributed by atoms with Crippen LogP contribution >= 0.6 is 12.2 Å². The average Bonchev–Trinajstić information content (AvgIpc) is 3.06. The highest BCUT2D eigenvalue weighted by molar-refractivity contribution is 7.80. The molecule has 126 valence electrons. The Morgan fingerprint density at radius 1 is 0.917 bits per heavy atom. The monoisotopic (exact) mass is 346 g/mol. The summed E-state index contributed by atoms with van der Waals surface area (Å²) in [6.45, 7) is 0.700. The van der Waals surface area contributed by atoms with Crippen LogP contribution < -0.4 is 10.6 Å². The van der Waals surface area contributed by atoms with E-state index in [9.17, 15) is 8.78 Å². The zero-order valence-electron chi connectivity index (χ0n) is 13.3. The van der Waals surface area contributed by atoms with Crippen LogP contribution in [0.5, 0.6) is 0 Å². The van der Waals surface area contributed by atoms with Crippen LogP contribution in [0.25, 0.3) is 0 Å². The first-order valence-electron chi connectivity index (χ1n) is 8.14. The number of halogens is 2. The maximum absolute atomic E-state index is 13.2. The lowest BCUT2D eigenvalue weighted by Gasteiger charge is -2.30. The SMILES string of the molecule is Fc1ccc(NC(=S)NCC2(c3ccc(F)cc3)CCCC2)cc1. The second-order valence-corrected chi connectivity index (χ2v) is 6.72. The highest BCUT2D eigenvalue weighted by Gasteiger charge is 2.35. The topological polar surface area (TPSA) is 24.1 Å². The molecular formula is C19H20F2N2S. The Kier molecular flexibility index (Phi) is 5.09. The van der Waals surface area contributed by atoms with E-state index in [2.05, 4.69) is 10.6 Å². The van der Waals surface area contributed by atoms with E-state index < -0.39 is 0 Å². The van der Waals surface area contributed by atoms with Crippen LogP contribution in [0.2, 0.25) is 0 Å². The largest absolute Gasteiger partial charge is 0.362 e. The number of benzene rings is 2. The summed E-state index contributed by atoms with van der Waals surface area (Å²) in [4.78, 5) is 0. The van der Waals surface area contributed by atoms with E-state index in [0.29, 0.717) is 11.7 Å². The highest BCUT2D eigenvalue weighted by atomic mass is 32.1. The molecule has 1 aliphatic rings. The summed E-state index contributed by atoms with van der Waals surface area (Å²) < 4.78 is 26.2. The standard InChI is InChI=1S/C19H20F2N2S/c20-15-5-3-14(4-6-15)19(11-1-2-12-19)13-22-18(24)23-17-9-7-16(21)8-10-17/h3-10H,1-2,11-13H2,(H2,22,23,24). The molecule has 3 rings (SSSR count). The van der Waals surface area contributed by atoms with Crippen molar-refractivity contribution in [2.24, 2.45) is 0 Å². The van der Waals surface area contributed by atoms with Crippen molar-refractivity contribution in [2.75, 3.05) is 11.9 Å². The number of hydrogen-bond donors (Lipinski definition) is 2. The van der Waals surface area contributed by atoms with E-state index in [4.69, 9.17) is 12.2 Å². The fourth-order valence-corrected chi connectivity index (χ4v) is 3.57. The van der Waals surface area contributed by atoms with Crippen molar-refractivity contribution >= 4 is 23.0 Å². The molecule has 0 atom stereocenters. The van der Waals surface area contributed by atoms with Gasteiger partial charge in [-0.05, 0) is 67.0 Å². The Bertz CT molecular complexity index is 692. The molecular weight excluding hydrogens is 326 g/mol. The van der Waals surface area contributed by atoms with E-state index in [-0.39, 0.29) is 17.0 Å². The van der Waals surface area contributed by atoms with Crippen LogP contribution in [-0.2, 0) is 5.41 Å². The molecule has 0 aromatic heterocycles. The van der Waals surface area contributed by atoms with Gasteiger partial charge in [-0.15, -0.1) is 0 Å². The number of hydrogen-bond acceptors (Lipinski definition) is 1. The quantitative estimate of drug-likeness (QED) is 0.780. The van der Waals surface area contributed by atoms with Crippen molar-refractivity contribution in [1.29, 1.82) is 0 Å². The third-order valence-corrected chi connectivity index (χ3v) is 4.95. The van der Waals surface area contributed by atoms with Crippen molar-refractivity contribution in [2.45, 2.75) is 31.1 Å². The highest BCUT2D eigenvalue weighted by Crippen LogP contribution is 2.40. The van der Waals surface area contributed by atoms with Crippen molar-refractivity contribution in [3.8, 4) is 0 Å². The fourth-order valence-electron chi connectivity index (χ4n) is 3.38. The molecule has 0 aliphatic heterocycles. The lowest BCUT2D eigenvalue weighted by atomic mass is 9.79. The van der Waals surface area contributed by atoms with Crippen molar-refractivity contribution < 1.29 is 8.78 Å². The normalized spacial score (nSPS) is 15.9. The summed E-state index contributed by atoms with van der Waals surface area (Å²) in [5.74, 6) is -0.492. The second-order valence-electron chi connectivity index (χ2n) is 6.31. The first kappa shape index (κ1) is 16.8. The molecule has 0 bridgehead atoms. The summed E-state index contributed by atoms with van der Waals surface area (Å²) in [6, 6.07) is 12.9. The zero-order chi connectivity index (χ0) is 17.0. The Morgan fingerprint density at radius 2 is 1.46 bits per heavy atom. The van der Waals surface area contributed by atoms with Gasteiger partial charge in [0.2, 0.25) is 0 Å². The van der Waals surface area contributed by atoms with Crippen LogP contribution in [0, 0.1) is 11.6 Å². The first-order chi connectivity index (χ1) is 11.6. The van der Waals surface area contributed by atoms with Crippen molar-refractivity contribution in [3.05, 3.63) is 65.7 Å². The lowest BCUT2D eigenvalue weighted by Crippen LogP contribution is -2.40. The van der Waals surface area contributed by atoms with Crippen LogP contribution in [0.3, 0.4) is 0 Å². The smallest absolute Gasteiger partial charge is 0.170 e. The molecule has 0 unspecified atom stereocenters. The second kappa shape index (κ2) is 7.26. The molecule has 0 radical (unpaired) electrons. The molecule has 2 N–H and O–H groups in total. The predicted octanol–water partition coefficient (Wildman–Crippen LogP) is 4.76. The minimum absolute atomic E-state index is 0.0117. The van der Waals surface area contributed by atoms with Gasteiger partial charge in [0.25, 0.3) is 0 Å². The van der Waals surface area contributed by atoms with Crippen LogP contribution in [-0.4, -0.2) is 11.7 Å². The van der Waals surface area contributed by atoms with Gasteiger partial charge in [-0.25, -0.2) is 8.78 Å². The zero-order valence-corrected chi connectivity index (χ0v) is 14.1. The van der Waals surface area contributed by atoms with Crippen LogP contribution in [0.4, 0.5) is 14.5 Å². The van der Waals surface area contributed by atoms with Gasteiger partial charge in [0.05, 0.1) is 0 Å². The fraction of sp³-hybridized carbons (Fsp3) is 0.316. The third-order valence-electron chi connectivity index (χ3n) is 4.71. The Balaban J connectivity index is 1.65. The van der Waals surface area contributed by atoms with Gasteiger partial charge in [-0.2, -0.15) is 0 Å². The molecule has 1 aliphatic carbocycles. The number of nitrogens with one attached hydrogen (secondary N) is 2. The Morgan fingerprint density at radius 3 is 2.04 bits per heavy atom. The van der Waals surface area contributed by atoms with E-state index in [1.807, 2.05) is 12.1 Å². The summed E-state index contributed by atoms with van der Waals surface area (Å²) in [5, 5.41) is 6.85. The summed E-state index contributed by atoms with van der Waals surface area (Å²) in [6.07, 6.45) is 4.45. The molecule has 1 fully saturated rings. The molecule has 2 aromatic rings. The van der Waals surface area contributed by atoms with Gasteiger partial charge in [0.1, 0.15) is 11.6 Å². The minimum atomic E-state index is -0.277. The molecule has 0 amide bonds. The minimum Gasteiger partial charge on any atom is -0.362 e. The van der Waals surface area contributed by atoms with E-state index >= 15 is 0 Å². The van der Waals surface area contributed by atoms with Crippen molar-refractivity contribution in [1.82, 2.24) is 5.32 Å². The van der Waals surface area contributed by atoms with Crippen LogP contribution in [0.15, 0.2) is 48.5 Å². The van der Waals surface area contributed by atoms with Crippen LogP contribution in [0.1, 0.15) is 31.2 Å². The van der Waals surface area contributed by atoms with Gasteiger partial charge in [0, 0.05) is 17.6 Å². The summed E-state index contributed by atoms with van der Waals surface area (Å²) >= 11 is 5.35. The summed E-state index contributed by atoms with van der Waals surface area (Å²) in [7, 11) is 0. The van der Waals surface area contributed by atoms with E-state index in [1.54, 1.807) is 12.1 Å². The molecule has 2 aromatic carbocycles. The van der Waals surface area contributed by atoms with E-state index in [0.717, 1.165) is 36.9 Å². The molecule has 24 heavy (non-hydrogen) atoms. The van der Waals surface area contributed by atoms with Crippen molar-refractivity contribution in [3.63, 3.8) is 0 Å². The maximum atomic E-state index is 13.2. The first-order valence-corrected chi connectivity index (χ1v) is 8.55. The lowest BCUT2D eigenvalue weighted by molar-refractivity contribution is 0.434. The average molecular weight is 346 g/mol. The van der Waals surface area contributed by atoms with Gasteiger partial charge >= 0.3 is 0 Å². The van der Waals surface area contributed by atoms with Gasteiger partial charge in [-0.3, -0.25) is 0 Å². The molecule has 0 heterocycles. The van der Waals surface area contributed by atoms with E-state index in [1.165, 1.54) is 24.3 Å². The summed E-state index contributed by atoms with van der Waals surface area (Å²) in [5.41, 5.74) is 1.89. The third kappa shape index (κ3) is 3.90. The molecule has 5 heteroatoms. The Hall–Kier alpha value is -2.01. The molecule has 1 saturated carbocycles. The number of thiocarbonyl (C=S) groups is 1. The van der Waals surface area contributed by atoms with Gasteiger partial charge in [-0.1, -0.05) is 25.0 Å². The number of rotatable bonds is 4. The number of anilines is 1. The molecule has 0 spiro atoms. The maximum Gasteiger partial charge on any atom is 0.170 e. The Labute approximate surface area is 146 Å². The van der Waals surface area contributed by atoms with Gasteiger partial charge < -0.3 is 10.6 Å². The molecule has 0 saturated heterocycles. The van der Waals surface area contributed by atoms with Gasteiger partial charge in [0.15, 0.2) is 5.11 Å². The molecule has 2 nitrogen and oxygen atoms in total. The predicted molar refractivity (Wildman–Crippen MR) is 97.2 cm³/mol.